The van der Waals surface area contributed by atoms with Crippen LogP contribution in [-0.2, 0) is 21.2 Å². The molecule has 0 saturated heterocycles. The fourth-order valence-corrected chi connectivity index (χ4v) is 4.14. The van der Waals surface area contributed by atoms with Gasteiger partial charge in [-0.2, -0.15) is 0 Å². The minimum absolute atomic E-state index is 0.0911. The zero-order valence-corrected chi connectivity index (χ0v) is 14.5. The molecular formula is C17H18N2O4S. The Morgan fingerprint density at radius 3 is 2.58 bits per heavy atom. The van der Waals surface area contributed by atoms with Gasteiger partial charge in [0, 0.05) is 11.4 Å². The van der Waals surface area contributed by atoms with Crippen molar-refractivity contribution in [3.8, 4) is 5.75 Å². The number of hydrogen-bond acceptors (Lipinski definition) is 4. The van der Waals surface area contributed by atoms with E-state index in [0.29, 0.717) is 17.0 Å². The molecule has 2 aromatic carbocycles. The number of amides is 1. The molecule has 0 unspecified atom stereocenters. The lowest BCUT2D eigenvalue weighted by atomic mass is 10.1. The van der Waals surface area contributed by atoms with Gasteiger partial charge in [-0.05, 0) is 60.9 Å². The van der Waals surface area contributed by atoms with Gasteiger partial charge in [0.2, 0.25) is 5.91 Å². The fourth-order valence-electron chi connectivity index (χ4n) is 2.78. The van der Waals surface area contributed by atoms with Crippen molar-refractivity contribution in [3.05, 3.63) is 47.0 Å². The van der Waals surface area contributed by atoms with Crippen LogP contribution in [0.15, 0.2) is 35.2 Å². The second-order valence-electron chi connectivity index (χ2n) is 5.79. The Balaban J connectivity index is 1.94. The van der Waals surface area contributed by atoms with Gasteiger partial charge in [-0.25, -0.2) is 8.42 Å². The molecule has 2 N–H and O–H groups in total. The van der Waals surface area contributed by atoms with E-state index in [0.717, 1.165) is 16.8 Å². The van der Waals surface area contributed by atoms with E-state index in [1.54, 1.807) is 51.3 Å². The minimum atomic E-state index is -3.73. The summed E-state index contributed by atoms with van der Waals surface area (Å²) in [6.45, 7) is 3.52. The average molecular weight is 346 g/mol. The maximum Gasteiger partial charge on any atom is 0.262 e. The molecular weight excluding hydrogens is 328 g/mol. The summed E-state index contributed by atoms with van der Waals surface area (Å²) in [6.07, 6.45) is 0.256. The third-order valence-electron chi connectivity index (χ3n) is 3.96. The van der Waals surface area contributed by atoms with Crippen LogP contribution in [0.3, 0.4) is 0 Å². The minimum Gasteiger partial charge on any atom is -0.496 e. The van der Waals surface area contributed by atoms with Crippen molar-refractivity contribution < 1.29 is 17.9 Å². The normalized spacial score (nSPS) is 13.4. The van der Waals surface area contributed by atoms with E-state index >= 15 is 0 Å². The van der Waals surface area contributed by atoms with Crippen LogP contribution in [0.1, 0.15) is 16.7 Å². The molecule has 2 aromatic rings. The molecule has 0 saturated carbocycles. The first-order valence-electron chi connectivity index (χ1n) is 7.41. The molecule has 7 heteroatoms. The quantitative estimate of drug-likeness (QED) is 0.891. The van der Waals surface area contributed by atoms with Gasteiger partial charge < -0.3 is 10.1 Å². The van der Waals surface area contributed by atoms with Crippen LogP contribution in [0.5, 0.6) is 5.75 Å². The Morgan fingerprint density at radius 2 is 1.88 bits per heavy atom. The van der Waals surface area contributed by atoms with Crippen molar-refractivity contribution in [2.45, 2.75) is 25.2 Å². The highest BCUT2D eigenvalue weighted by Gasteiger charge is 2.21. The summed E-state index contributed by atoms with van der Waals surface area (Å²) in [5.74, 6) is 0.556. The number of ether oxygens (including phenoxy) is 1. The molecule has 1 amide bonds. The molecule has 0 aromatic heterocycles. The van der Waals surface area contributed by atoms with E-state index < -0.39 is 10.0 Å². The lowest BCUT2D eigenvalue weighted by Gasteiger charge is -2.14. The Hall–Kier alpha value is -2.54. The van der Waals surface area contributed by atoms with Crippen LogP contribution in [-0.4, -0.2) is 21.4 Å². The first-order chi connectivity index (χ1) is 11.3. The Morgan fingerprint density at radius 1 is 1.12 bits per heavy atom. The van der Waals surface area contributed by atoms with Crippen LogP contribution in [0.2, 0.25) is 0 Å². The lowest BCUT2D eigenvalue weighted by Crippen LogP contribution is -2.14. The van der Waals surface area contributed by atoms with Gasteiger partial charge in [-0.3, -0.25) is 9.52 Å². The van der Waals surface area contributed by atoms with Gasteiger partial charge in [-0.1, -0.05) is 0 Å². The third-order valence-corrected chi connectivity index (χ3v) is 5.49. The molecule has 0 radical (unpaired) electrons. The number of carbonyl (C=O) groups excluding carboxylic acids is 1. The van der Waals surface area contributed by atoms with Crippen LogP contribution in [0.4, 0.5) is 11.4 Å². The Bertz CT molecular complexity index is 936. The summed E-state index contributed by atoms with van der Waals surface area (Å²) in [5, 5.41) is 2.72. The summed E-state index contributed by atoms with van der Waals surface area (Å²) in [7, 11) is -2.18. The molecule has 126 valence electrons. The molecule has 1 heterocycles. The number of sulfonamides is 1. The van der Waals surface area contributed by atoms with Gasteiger partial charge in [0.1, 0.15) is 5.75 Å². The summed E-state index contributed by atoms with van der Waals surface area (Å²) in [5.41, 5.74) is 3.27. The molecule has 1 aliphatic heterocycles. The van der Waals surface area contributed by atoms with E-state index in [1.165, 1.54) is 0 Å². The number of anilines is 2. The molecule has 1 aliphatic rings. The van der Waals surface area contributed by atoms with Crippen molar-refractivity contribution in [1.82, 2.24) is 0 Å². The third kappa shape index (κ3) is 2.94. The van der Waals surface area contributed by atoms with Crippen molar-refractivity contribution in [3.63, 3.8) is 0 Å². The maximum absolute atomic E-state index is 12.7. The Labute approximate surface area is 140 Å². The molecule has 0 bridgehead atoms. The SMILES string of the molecule is COc1cc(C)c(S(=O)(=O)Nc2ccc3c(c2)CC(=O)N3)cc1C. The first kappa shape index (κ1) is 16.3. The predicted octanol–water partition coefficient (Wildman–Crippen LogP) is 2.61. The van der Waals surface area contributed by atoms with Gasteiger partial charge in [-0.15, -0.1) is 0 Å². The van der Waals surface area contributed by atoms with E-state index in [2.05, 4.69) is 10.0 Å². The molecule has 0 atom stereocenters. The molecule has 24 heavy (non-hydrogen) atoms. The van der Waals surface area contributed by atoms with Gasteiger partial charge >= 0.3 is 0 Å². The lowest BCUT2D eigenvalue weighted by molar-refractivity contribution is -0.115. The summed E-state index contributed by atoms with van der Waals surface area (Å²) in [4.78, 5) is 11.6. The molecule has 0 aliphatic carbocycles. The number of rotatable bonds is 4. The molecule has 3 rings (SSSR count). The van der Waals surface area contributed by atoms with Gasteiger partial charge in [0.15, 0.2) is 0 Å². The second-order valence-corrected chi connectivity index (χ2v) is 7.44. The van der Waals surface area contributed by atoms with Crippen molar-refractivity contribution in [2.24, 2.45) is 0 Å². The topological polar surface area (TPSA) is 84.5 Å². The predicted molar refractivity (Wildman–Crippen MR) is 92.1 cm³/mol. The molecule has 0 spiro atoms. The van der Waals surface area contributed by atoms with Crippen molar-refractivity contribution in [1.29, 1.82) is 0 Å². The first-order valence-corrected chi connectivity index (χ1v) is 8.89. The van der Waals surface area contributed by atoms with E-state index in [9.17, 15) is 13.2 Å². The number of nitrogens with one attached hydrogen (secondary N) is 2. The number of carbonyl (C=O) groups is 1. The summed E-state index contributed by atoms with van der Waals surface area (Å²) >= 11 is 0. The average Bonchev–Trinajstić information content (AvgIpc) is 2.88. The summed E-state index contributed by atoms with van der Waals surface area (Å²) < 4.78 is 33.2. The number of hydrogen-bond donors (Lipinski definition) is 2. The van der Waals surface area contributed by atoms with Crippen LogP contribution in [0.25, 0.3) is 0 Å². The summed E-state index contributed by atoms with van der Waals surface area (Å²) in [6, 6.07) is 8.30. The number of benzene rings is 2. The van der Waals surface area contributed by atoms with Gasteiger partial charge in [0.05, 0.1) is 18.4 Å². The van der Waals surface area contributed by atoms with Crippen LogP contribution < -0.4 is 14.8 Å². The smallest absolute Gasteiger partial charge is 0.262 e. The van der Waals surface area contributed by atoms with E-state index in [1.807, 2.05) is 0 Å². The standard InChI is InChI=1S/C17H18N2O4S/c1-10-7-16(11(2)6-15(10)23-3)24(21,22)19-13-4-5-14-12(8-13)9-17(20)18-14/h4-8,19H,9H2,1-3H3,(H,18,20). The zero-order valence-electron chi connectivity index (χ0n) is 13.6. The van der Waals surface area contributed by atoms with Crippen LogP contribution >= 0.6 is 0 Å². The monoisotopic (exact) mass is 346 g/mol. The highest BCUT2D eigenvalue weighted by Crippen LogP contribution is 2.29. The number of aryl methyl sites for hydroxylation is 2. The molecule has 0 fully saturated rings. The van der Waals surface area contributed by atoms with E-state index in [4.69, 9.17) is 4.74 Å². The number of methoxy groups -OCH3 is 1. The van der Waals surface area contributed by atoms with Crippen LogP contribution in [0, 0.1) is 13.8 Å². The highest BCUT2D eigenvalue weighted by molar-refractivity contribution is 7.92. The Kier molecular flexibility index (Phi) is 3.96. The van der Waals surface area contributed by atoms with Crippen molar-refractivity contribution in [2.75, 3.05) is 17.1 Å². The zero-order chi connectivity index (χ0) is 17.5. The maximum atomic E-state index is 12.7. The van der Waals surface area contributed by atoms with E-state index in [-0.39, 0.29) is 17.2 Å². The van der Waals surface area contributed by atoms with Crippen molar-refractivity contribution >= 4 is 27.3 Å². The second kappa shape index (κ2) is 5.83. The molecule has 6 nitrogen and oxygen atoms in total. The highest BCUT2D eigenvalue weighted by atomic mass is 32.2. The largest absolute Gasteiger partial charge is 0.496 e. The fraction of sp³-hybridized carbons (Fsp3) is 0.235. The number of fused-ring (bicyclic) bond motifs is 1. The van der Waals surface area contributed by atoms with Gasteiger partial charge in [0.25, 0.3) is 10.0 Å².